The Kier molecular flexibility index (Phi) is 5.71. The molecule has 2 unspecified atom stereocenters. The third-order valence-electron chi connectivity index (χ3n) is 2.71. The summed E-state index contributed by atoms with van der Waals surface area (Å²) in [5.41, 5.74) is 6.46. The van der Waals surface area contributed by atoms with E-state index in [0.29, 0.717) is 5.56 Å². The highest BCUT2D eigenvalue weighted by atomic mass is 19.4. The molecule has 3 N–H and O–H groups in total. The maximum atomic E-state index is 12.6. The summed E-state index contributed by atoms with van der Waals surface area (Å²) in [6, 6.07) is 2.15. The molecule has 0 aliphatic carbocycles. The van der Waals surface area contributed by atoms with E-state index in [1.807, 2.05) is 0 Å². The number of nitrogens with zero attached hydrogens (tertiary/aromatic N) is 2. The van der Waals surface area contributed by atoms with Crippen molar-refractivity contribution >= 4 is 0 Å². The second kappa shape index (κ2) is 6.83. The number of nitrogens with two attached hydrogens (primary N) is 1. The predicted octanol–water partition coefficient (Wildman–Crippen LogP) is 1.33. The van der Waals surface area contributed by atoms with Crippen LogP contribution in [-0.4, -0.2) is 46.9 Å². The molecular weight excluding hydrogens is 259 g/mol. The minimum atomic E-state index is -4.34. The molecular formula is C12H18F3N3O. The third-order valence-corrected chi connectivity index (χ3v) is 2.71. The highest BCUT2D eigenvalue weighted by molar-refractivity contribution is 5.17. The van der Waals surface area contributed by atoms with Crippen LogP contribution in [0, 0.1) is 0 Å². The second-order valence-electron chi connectivity index (χ2n) is 4.39. The van der Waals surface area contributed by atoms with E-state index in [1.54, 1.807) is 19.1 Å². The number of alkyl halides is 3. The normalized spacial score (nSPS) is 15.5. The molecule has 0 amide bonds. The van der Waals surface area contributed by atoms with Gasteiger partial charge in [-0.15, -0.1) is 0 Å². The van der Waals surface area contributed by atoms with Crippen LogP contribution >= 0.6 is 0 Å². The van der Waals surface area contributed by atoms with Gasteiger partial charge in [-0.25, -0.2) is 0 Å². The van der Waals surface area contributed by atoms with Crippen molar-refractivity contribution in [2.45, 2.75) is 25.2 Å². The highest BCUT2D eigenvalue weighted by Crippen LogP contribution is 2.27. The van der Waals surface area contributed by atoms with Crippen LogP contribution in [0.3, 0.4) is 0 Å². The first-order chi connectivity index (χ1) is 8.85. The van der Waals surface area contributed by atoms with Crippen molar-refractivity contribution in [3.63, 3.8) is 0 Å². The van der Waals surface area contributed by atoms with Crippen molar-refractivity contribution in [2.24, 2.45) is 5.73 Å². The van der Waals surface area contributed by atoms with Crippen molar-refractivity contribution in [3.05, 3.63) is 30.1 Å². The minimum absolute atomic E-state index is 0.0892. The summed E-state index contributed by atoms with van der Waals surface area (Å²) in [7, 11) is 0. The van der Waals surface area contributed by atoms with E-state index < -0.39 is 24.8 Å². The fourth-order valence-electron chi connectivity index (χ4n) is 2.08. The van der Waals surface area contributed by atoms with Gasteiger partial charge < -0.3 is 10.8 Å². The van der Waals surface area contributed by atoms with Crippen molar-refractivity contribution in [1.82, 2.24) is 9.88 Å². The van der Waals surface area contributed by atoms with E-state index in [4.69, 9.17) is 10.8 Å². The highest BCUT2D eigenvalue weighted by Gasteiger charge is 2.35. The molecule has 0 fully saturated rings. The fraction of sp³-hybridized carbons (Fsp3) is 0.583. The molecule has 0 saturated carbocycles. The first kappa shape index (κ1) is 15.9. The Labute approximate surface area is 110 Å². The van der Waals surface area contributed by atoms with Crippen LogP contribution in [0.15, 0.2) is 24.5 Å². The largest absolute Gasteiger partial charge is 0.401 e. The third kappa shape index (κ3) is 5.14. The van der Waals surface area contributed by atoms with Crippen molar-refractivity contribution in [2.75, 3.05) is 19.7 Å². The van der Waals surface area contributed by atoms with Gasteiger partial charge in [-0.3, -0.25) is 9.88 Å². The molecule has 7 heteroatoms. The Morgan fingerprint density at radius 2 is 1.95 bits per heavy atom. The lowest BCUT2D eigenvalue weighted by Gasteiger charge is -2.34. The smallest absolute Gasteiger partial charge is 0.395 e. The summed E-state index contributed by atoms with van der Waals surface area (Å²) in [5, 5.41) is 8.95. The summed E-state index contributed by atoms with van der Waals surface area (Å²) < 4.78 is 37.8. The molecule has 0 saturated heterocycles. The van der Waals surface area contributed by atoms with Gasteiger partial charge in [0.1, 0.15) is 0 Å². The topological polar surface area (TPSA) is 62.4 Å². The molecule has 0 spiro atoms. The molecule has 1 rings (SSSR count). The molecule has 0 aliphatic rings. The zero-order valence-electron chi connectivity index (χ0n) is 10.6. The van der Waals surface area contributed by atoms with Crippen LogP contribution in [-0.2, 0) is 0 Å². The zero-order valence-corrected chi connectivity index (χ0v) is 10.6. The van der Waals surface area contributed by atoms with Gasteiger partial charge in [0.2, 0.25) is 0 Å². The summed E-state index contributed by atoms with van der Waals surface area (Å²) in [6.45, 7) is 0.0896. The predicted molar refractivity (Wildman–Crippen MR) is 65.3 cm³/mol. The molecule has 0 aliphatic heterocycles. The summed E-state index contributed by atoms with van der Waals surface area (Å²) >= 11 is 0. The first-order valence-corrected chi connectivity index (χ1v) is 5.92. The Bertz CT molecular complexity index is 370. The second-order valence-corrected chi connectivity index (χ2v) is 4.39. The Balaban J connectivity index is 2.99. The Morgan fingerprint density at radius 3 is 2.37 bits per heavy atom. The van der Waals surface area contributed by atoms with Gasteiger partial charge in [-0.1, -0.05) is 0 Å². The van der Waals surface area contributed by atoms with E-state index >= 15 is 0 Å². The Morgan fingerprint density at radius 1 is 1.37 bits per heavy atom. The molecule has 0 aromatic carbocycles. The van der Waals surface area contributed by atoms with Gasteiger partial charge in [-0.05, 0) is 24.6 Å². The number of halogens is 3. The molecule has 0 radical (unpaired) electrons. The summed E-state index contributed by atoms with van der Waals surface area (Å²) in [6.07, 6.45) is -1.32. The molecule has 19 heavy (non-hydrogen) atoms. The van der Waals surface area contributed by atoms with Crippen LogP contribution < -0.4 is 5.73 Å². The lowest BCUT2D eigenvalue weighted by atomic mass is 10.00. The summed E-state index contributed by atoms with van der Waals surface area (Å²) in [4.78, 5) is 4.97. The molecule has 2 atom stereocenters. The zero-order chi connectivity index (χ0) is 14.5. The van der Waals surface area contributed by atoms with Crippen molar-refractivity contribution in [3.8, 4) is 0 Å². The lowest BCUT2D eigenvalue weighted by Crippen LogP contribution is -2.45. The van der Waals surface area contributed by atoms with Crippen molar-refractivity contribution < 1.29 is 18.3 Å². The van der Waals surface area contributed by atoms with Gasteiger partial charge in [0, 0.05) is 25.0 Å². The monoisotopic (exact) mass is 277 g/mol. The van der Waals surface area contributed by atoms with Gasteiger partial charge in [0.25, 0.3) is 0 Å². The summed E-state index contributed by atoms with van der Waals surface area (Å²) in [5.74, 6) is 0. The lowest BCUT2D eigenvalue weighted by molar-refractivity contribution is -0.153. The molecule has 4 nitrogen and oxygen atoms in total. The van der Waals surface area contributed by atoms with Crippen LogP contribution in [0.4, 0.5) is 13.2 Å². The quantitative estimate of drug-likeness (QED) is 0.823. The molecule has 108 valence electrons. The SMILES string of the molecule is CC(N)C(c1ccncc1)N(CCO)CC(F)(F)F. The maximum absolute atomic E-state index is 12.6. The number of hydrogen-bond donors (Lipinski definition) is 2. The molecule has 1 aromatic rings. The average Bonchev–Trinajstić information content (AvgIpc) is 2.28. The molecule has 0 bridgehead atoms. The number of hydrogen-bond acceptors (Lipinski definition) is 4. The Hall–Kier alpha value is -1.18. The van der Waals surface area contributed by atoms with Crippen LogP contribution in [0.25, 0.3) is 0 Å². The first-order valence-electron chi connectivity index (χ1n) is 5.92. The van der Waals surface area contributed by atoms with Crippen LogP contribution in [0.1, 0.15) is 18.5 Å². The van der Waals surface area contributed by atoms with Gasteiger partial charge >= 0.3 is 6.18 Å². The van der Waals surface area contributed by atoms with Gasteiger partial charge in [0.05, 0.1) is 19.2 Å². The van der Waals surface area contributed by atoms with Gasteiger partial charge in [-0.2, -0.15) is 13.2 Å². The number of aromatic nitrogens is 1. The maximum Gasteiger partial charge on any atom is 0.401 e. The van der Waals surface area contributed by atoms with Gasteiger partial charge in [0.15, 0.2) is 0 Å². The van der Waals surface area contributed by atoms with Crippen molar-refractivity contribution in [1.29, 1.82) is 0 Å². The fourth-order valence-corrected chi connectivity index (χ4v) is 2.08. The van der Waals surface area contributed by atoms with Crippen LogP contribution in [0.2, 0.25) is 0 Å². The average molecular weight is 277 g/mol. The number of rotatable bonds is 6. The van der Waals surface area contributed by atoms with E-state index in [-0.39, 0.29) is 13.2 Å². The molecule has 1 heterocycles. The number of pyridine rings is 1. The van der Waals surface area contributed by atoms with E-state index in [9.17, 15) is 13.2 Å². The van der Waals surface area contributed by atoms with E-state index in [1.165, 1.54) is 12.4 Å². The minimum Gasteiger partial charge on any atom is -0.395 e. The number of aliphatic hydroxyl groups excluding tert-OH is 1. The standard InChI is InChI=1S/C12H18F3N3O/c1-9(16)11(10-2-4-17-5-3-10)18(6-7-19)8-12(13,14)15/h2-5,9,11,19H,6-8,16H2,1H3. The number of aliphatic hydroxyl groups is 1. The van der Waals surface area contributed by atoms with E-state index in [0.717, 1.165) is 4.90 Å². The van der Waals surface area contributed by atoms with E-state index in [2.05, 4.69) is 4.98 Å². The van der Waals surface area contributed by atoms with Crippen LogP contribution in [0.5, 0.6) is 0 Å². The molecule has 1 aromatic heterocycles.